The van der Waals surface area contributed by atoms with Gasteiger partial charge in [-0.15, -0.1) is 21.1 Å². The van der Waals surface area contributed by atoms with Gasteiger partial charge in [-0.3, -0.25) is 14.5 Å². The van der Waals surface area contributed by atoms with E-state index in [0.29, 0.717) is 23.5 Å². The van der Waals surface area contributed by atoms with E-state index in [1.54, 1.807) is 15.6 Å². The van der Waals surface area contributed by atoms with Gasteiger partial charge in [0.2, 0.25) is 23.3 Å². The van der Waals surface area contributed by atoms with Crippen molar-refractivity contribution in [3.05, 3.63) is 28.9 Å². The predicted molar refractivity (Wildman–Crippen MR) is 149 cm³/mol. The highest BCUT2D eigenvalue weighted by atomic mass is 32.2. The molecule has 18 nitrogen and oxygen atoms in total. The molecule has 0 unspecified atom stereocenters. The summed E-state index contributed by atoms with van der Waals surface area (Å²) in [6.45, 7) is 3.36. The maximum Gasteiger partial charge on any atom is 0.352 e. The first-order chi connectivity index (χ1) is 19.8. The average Bonchev–Trinajstić information content (AvgIpc) is 3.49. The molecule has 0 radical (unpaired) electrons. The Balaban J connectivity index is 1.58. The summed E-state index contributed by atoms with van der Waals surface area (Å²) in [5.41, 5.74) is 21.9. The number of nitrogens with zero attached hydrogens (tertiary/aromatic N) is 6. The fourth-order valence-electron chi connectivity index (χ4n) is 4.20. The molecule has 226 valence electrons. The second-order valence-corrected chi connectivity index (χ2v) is 11.6. The molecule has 42 heavy (non-hydrogen) atoms. The van der Waals surface area contributed by atoms with Gasteiger partial charge in [-0.25, -0.2) is 9.59 Å². The lowest BCUT2D eigenvalue weighted by Crippen LogP contribution is -2.71. The molecule has 4 heterocycles. The van der Waals surface area contributed by atoms with Gasteiger partial charge in [0, 0.05) is 35.9 Å². The highest BCUT2D eigenvalue weighted by Crippen LogP contribution is 2.40. The Morgan fingerprint density at radius 2 is 2.00 bits per heavy atom. The van der Waals surface area contributed by atoms with Crippen molar-refractivity contribution in [1.29, 1.82) is 0 Å². The van der Waals surface area contributed by atoms with E-state index < -0.39 is 46.5 Å². The molecule has 4 rings (SSSR count). The molecule has 0 aliphatic carbocycles. The van der Waals surface area contributed by atoms with Crippen LogP contribution in [0.1, 0.15) is 25.2 Å². The van der Waals surface area contributed by atoms with E-state index in [-0.39, 0.29) is 42.0 Å². The number of amides is 2. The monoisotopic (exact) mass is 624 g/mol. The number of nitrogens with two attached hydrogens (primary N) is 4. The van der Waals surface area contributed by atoms with Crippen molar-refractivity contribution in [3.63, 3.8) is 0 Å². The number of rotatable bonds is 12. The highest BCUT2D eigenvalue weighted by molar-refractivity contribution is 8.00. The van der Waals surface area contributed by atoms with Crippen molar-refractivity contribution in [1.82, 2.24) is 24.3 Å². The topological polar surface area (TPSA) is 284 Å². The standard InChI is InChI=1S/C22H29N11O7S2/c1-22(2,20(38)39)40-29-11(15-28-21(26)42-30-15)16(34)27-12-17(35)33-13(19(36)37)10(8-41-18(12)33)7-31-6-9(5-24)14(25)32(31)4-3-23/h6,12,18,25H,3-5,7-8,23-24H2,1-2H3,(H5,26,27,28,30,34,36,37,38,39)/p+1/b29-11-/t12-,18-/m1/s1. The van der Waals surface area contributed by atoms with Crippen LogP contribution >= 0.6 is 23.3 Å². The van der Waals surface area contributed by atoms with Crippen LogP contribution in [0.2, 0.25) is 0 Å². The zero-order valence-electron chi connectivity index (χ0n) is 22.5. The Labute approximate surface area is 246 Å². The maximum absolute atomic E-state index is 13.2. The summed E-state index contributed by atoms with van der Waals surface area (Å²) in [7, 11) is 0. The van der Waals surface area contributed by atoms with Gasteiger partial charge in [0.1, 0.15) is 17.1 Å². The molecule has 0 bridgehead atoms. The number of oxime groups is 1. The smallest absolute Gasteiger partial charge is 0.352 e. The molecule has 2 aromatic heterocycles. The number of hydrogen-bond acceptors (Lipinski definition) is 14. The highest BCUT2D eigenvalue weighted by Gasteiger charge is 2.55. The summed E-state index contributed by atoms with van der Waals surface area (Å²) in [4.78, 5) is 60.3. The number of anilines is 2. The molecule has 2 atom stereocenters. The van der Waals surface area contributed by atoms with Crippen LogP contribution in [0, 0.1) is 0 Å². The Morgan fingerprint density at radius 1 is 1.29 bits per heavy atom. The van der Waals surface area contributed by atoms with E-state index in [4.69, 9.17) is 27.8 Å². The number of thioether (sulfide) groups is 1. The maximum atomic E-state index is 13.2. The first-order valence-corrected chi connectivity index (χ1v) is 14.2. The normalized spacial score (nSPS) is 18.9. The van der Waals surface area contributed by atoms with Gasteiger partial charge in [0.05, 0.1) is 12.1 Å². The number of β-lactam (4-membered cyclic amide) rings is 1. The summed E-state index contributed by atoms with van der Waals surface area (Å²) >= 11 is 2.02. The largest absolute Gasteiger partial charge is 0.478 e. The van der Waals surface area contributed by atoms with Gasteiger partial charge in [-0.1, -0.05) is 5.16 Å². The number of carbonyl (C=O) groups excluding carboxylic acids is 2. The summed E-state index contributed by atoms with van der Waals surface area (Å²) in [6.07, 6.45) is 1.71. The summed E-state index contributed by atoms with van der Waals surface area (Å²) in [5, 5.41) is 24.8. The number of nitrogens with one attached hydrogen (secondary N) is 1. The molecule has 1 saturated heterocycles. The van der Waals surface area contributed by atoms with Crippen LogP contribution in [0.4, 0.5) is 10.9 Å². The fourth-order valence-corrected chi connectivity index (χ4v) is 5.97. The summed E-state index contributed by atoms with van der Waals surface area (Å²) in [5.74, 6) is -3.88. The lowest BCUT2D eigenvalue weighted by Gasteiger charge is -2.49. The second kappa shape index (κ2) is 11.9. The molecule has 0 spiro atoms. The zero-order valence-corrected chi connectivity index (χ0v) is 24.1. The number of carbonyl (C=O) groups is 4. The van der Waals surface area contributed by atoms with E-state index in [2.05, 4.69) is 19.8 Å². The molecule has 1 fully saturated rings. The Bertz CT molecular complexity index is 1500. The van der Waals surface area contributed by atoms with Crippen LogP contribution in [0.5, 0.6) is 0 Å². The zero-order chi connectivity index (χ0) is 30.9. The summed E-state index contributed by atoms with van der Waals surface area (Å²) < 4.78 is 7.33. The van der Waals surface area contributed by atoms with Crippen LogP contribution in [0.3, 0.4) is 0 Å². The van der Waals surface area contributed by atoms with Crippen molar-refractivity contribution in [3.8, 4) is 0 Å². The molecule has 2 amide bonds. The molecular weight excluding hydrogens is 594 g/mol. The van der Waals surface area contributed by atoms with Crippen molar-refractivity contribution >= 4 is 63.7 Å². The predicted octanol–water partition coefficient (Wildman–Crippen LogP) is -2.77. The van der Waals surface area contributed by atoms with E-state index in [1.807, 2.05) is 0 Å². The number of carboxylic acids is 2. The van der Waals surface area contributed by atoms with Gasteiger partial charge < -0.3 is 43.3 Å². The van der Waals surface area contributed by atoms with Crippen molar-refractivity contribution in [2.45, 2.75) is 50.5 Å². The fraction of sp³-hybridized carbons (Fsp3) is 0.455. The van der Waals surface area contributed by atoms with Gasteiger partial charge in [-0.2, -0.15) is 9.36 Å². The number of aromatic nitrogens is 4. The Kier molecular flexibility index (Phi) is 8.71. The SMILES string of the molecule is CC(C)(O/N=C(\C(=O)N[C@@H]1C(=O)N2C(C(=O)O)=C(C[n+]3cc(CN)c(N)n3CCN)CS[C@H]12)c1nsc(N)n1)C(=O)O. The third-order valence-corrected chi connectivity index (χ3v) is 8.30. The quantitative estimate of drug-likeness (QED) is 0.0545. The minimum absolute atomic E-state index is 0.0105. The van der Waals surface area contributed by atoms with Gasteiger partial charge >= 0.3 is 11.9 Å². The average molecular weight is 625 g/mol. The number of aliphatic carboxylic acids is 2. The first-order valence-electron chi connectivity index (χ1n) is 12.4. The summed E-state index contributed by atoms with van der Waals surface area (Å²) in [6, 6.07) is -1.12. The molecule has 2 aliphatic rings. The van der Waals surface area contributed by atoms with Crippen molar-refractivity contribution in [2.75, 3.05) is 23.8 Å². The molecule has 0 saturated carbocycles. The van der Waals surface area contributed by atoms with Crippen LogP contribution in [-0.4, -0.2) is 87.9 Å². The first kappa shape index (κ1) is 30.7. The molecular formula is C22H30N11O7S2+. The van der Waals surface area contributed by atoms with Gasteiger partial charge in [-0.05, 0) is 13.8 Å². The number of nitrogen functional groups attached to an aromatic ring is 2. The van der Waals surface area contributed by atoms with E-state index in [1.165, 1.54) is 25.6 Å². The van der Waals surface area contributed by atoms with E-state index >= 15 is 0 Å². The van der Waals surface area contributed by atoms with Crippen LogP contribution in [0.25, 0.3) is 0 Å². The third-order valence-electron chi connectivity index (χ3n) is 6.42. The Morgan fingerprint density at radius 3 is 2.57 bits per heavy atom. The number of fused-ring (bicyclic) bond motifs is 1. The molecule has 11 N–H and O–H groups in total. The van der Waals surface area contributed by atoms with Crippen LogP contribution in [-0.2, 0) is 43.7 Å². The lowest BCUT2D eigenvalue weighted by atomic mass is 10.0. The minimum Gasteiger partial charge on any atom is -0.478 e. The van der Waals surface area contributed by atoms with Gasteiger partial charge in [0.15, 0.2) is 17.5 Å². The van der Waals surface area contributed by atoms with E-state index in [9.17, 15) is 29.4 Å². The lowest BCUT2D eigenvalue weighted by molar-refractivity contribution is -0.767. The van der Waals surface area contributed by atoms with E-state index in [0.717, 1.165) is 16.4 Å². The number of hydrogen-bond donors (Lipinski definition) is 7. The van der Waals surface area contributed by atoms with Crippen molar-refractivity contribution < 1.29 is 38.9 Å². The van der Waals surface area contributed by atoms with Gasteiger partial charge in [0.25, 0.3) is 11.8 Å². The Hall–Kier alpha value is -4.27. The molecule has 20 heteroatoms. The minimum atomic E-state index is -1.80. The molecule has 2 aromatic rings. The second-order valence-electron chi connectivity index (χ2n) is 9.67. The molecule has 2 aliphatic heterocycles. The third kappa shape index (κ3) is 5.73. The van der Waals surface area contributed by atoms with Crippen LogP contribution in [0.15, 0.2) is 22.6 Å². The van der Waals surface area contributed by atoms with Crippen molar-refractivity contribution in [2.24, 2.45) is 16.6 Å². The molecule has 0 aromatic carbocycles. The van der Waals surface area contributed by atoms with Crippen LogP contribution < -0.4 is 32.9 Å². The number of carboxylic acid groups (broad SMARTS) is 2.